The molecule has 0 fully saturated rings. The molecule has 0 aliphatic rings. The number of benzene rings is 1. The van der Waals surface area contributed by atoms with E-state index < -0.39 is 11.2 Å². The van der Waals surface area contributed by atoms with E-state index in [9.17, 15) is 9.59 Å². The van der Waals surface area contributed by atoms with Crippen LogP contribution in [0.1, 0.15) is 11.1 Å². The lowest BCUT2D eigenvalue weighted by Crippen LogP contribution is -2.25. The van der Waals surface area contributed by atoms with Crippen molar-refractivity contribution in [2.24, 2.45) is 0 Å². The molecule has 0 saturated heterocycles. The zero-order valence-electron chi connectivity index (χ0n) is 9.00. The molecule has 82 valence electrons. The lowest BCUT2D eigenvalue weighted by molar-refractivity contribution is 0.897. The third kappa shape index (κ3) is 1.93. The van der Waals surface area contributed by atoms with E-state index in [1.165, 1.54) is 0 Å². The molecule has 0 amide bonds. The predicted molar refractivity (Wildman–Crippen MR) is 60.4 cm³/mol. The summed E-state index contributed by atoms with van der Waals surface area (Å²) < 4.78 is 0. The van der Waals surface area contributed by atoms with Crippen molar-refractivity contribution in [3.8, 4) is 11.3 Å². The fraction of sp³-hybridized carbons (Fsp3) is 0.182. The number of rotatable bonds is 1. The second-order valence-electron chi connectivity index (χ2n) is 3.73. The maximum Gasteiger partial charge on any atom is 0.342 e. The van der Waals surface area contributed by atoms with Gasteiger partial charge in [0.25, 0.3) is 5.56 Å². The predicted octanol–water partition coefficient (Wildman–Crippen LogP) is 0.742. The molecular formula is C11H11N3O2. The highest BCUT2D eigenvalue weighted by Crippen LogP contribution is 2.16. The molecule has 0 aliphatic heterocycles. The molecule has 1 aromatic heterocycles. The van der Waals surface area contributed by atoms with Crippen LogP contribution in [0.25, 0.3) is 11.3 Å². The van der Waals surface area contributed by atoms with Gasteiger partial charge in [-0.1, -0.05) is 17.2 Å². The molecule has 2 rings (SSSR count). The van der Waals surface area contributed by atoms with E-state index in [4.69, 9.17) is 0 Å². The topological polar surface area (TPSA) is 78.6 Å². The van der Waals surface area contributed by atoms with Crippen LogP contribution >= 0.6 is 0 Å². The van der Waals surface area contributed by atoms with Crippen molar-refractivity contribution in [3.05, 3.63) is 50.2 Å². The average molecular weight is 217 g/mol. The van der Waals surface area contributed by atoms with Crippen LogP contribution in [-0.2, 0) is 0 Å². The lowest BCUT2D eigenvalue weighted by Gasteiger charge is -2.02. The zero-order chi connectivity index (χ0) is 11.7. The van der Waals surface area contributed by atoms with Crippen LogP contribution in [0.15, 0.2) is 27.8 Å². The van der Waals surface area contributed by atoms with Crippen LogP contribution in [0.4, 0.5) is 0 Å². The Morgan fingerprint density at radius 1 is 1.06 bits per heavy atom. The standard InChI is InChI=1S/C11H11N3O2/c1-6-3-7(2)5-8(4-6)9-10(15)12-11(16)14-13-9/h3-5H,1-2H3,(H2,12,14,15,16). The molecule has 0 radical (unpaired) electrons. The monoisotopic (exact) mass is 217 g/mol. The fourth-order valence-corrected chi connectivity index (χ4v) is 1.65. The van der Waals surface area contributed by atoms with Gasteiger partial charge in [-0.2, -0.15) is 5.10 Å². The first-order valence-corrected chi connectivity index (χ1v) is 4.84. The summed E-state index contributed by atoms with van der Waals surface area (Å²) in [4.78, 5) is 24.5. The van der Waals surface area contributed by atoms with E-state index in [1.807, 2.05) is 32.0 Å². The largest absolute Gasteiger partial charge is 0.342 e. The zero-order valence-corrected chi connectivity index (χ0v) is 9.00. The van der Waals surface area contributed by atoms with Crippen LogP contribution in [0, 0.1) is 13.8 Å². The van der Waals surface area contributed by atoms with Crippen LogP contribution in [0.2, 0.25) is 0 Å². The quantitative estimate of drug-likeness (QED) is 0.739. The first kappa shape index (κ1) is 10.4. The van der Waals surface area contributed by atoms with Crippen LogP contribution in [0.3, 0.4) is 0 Å². The summed E-state index contributed by atoms with van der Waals surface area (Å²) in [5.41, 5.74) is 1.94. The van der Waals surface area contributed by atoms with Crippen molar-refractivity contribution in [2.75, 3.05) is 0 Å². The highest BCUT2D eigenvalue weighted by molar-refractivity contribution is 5.59. The number of aromatic nitrogens is 3. The van der Waals surface area contributed by atoms with Crippen molar-refractivity contribution >= 4 is 0 Å². The van der Waals surface area contributed by atoms with Gasteiger partial charge >= 0.3 is 5.69 Å². The lowest BCUT2D eigenvalue weighted by atomic mass is 10.1. The highest BCUT2D eigenvalue weighted by Gasteiger charge is 2.06. The van der Waals surface area contributed by atoms with Gasteiger partial charge in [0.2, 0.25) is 0 Å². The Morgan fingerprint density at radius 2 is 1.69 bits per heavy atom. The first-order chi connectivity index (χ1) is 7.56. The molecule has 2 N–H and O–H groups in total. The maximum atomic E-state index is 11.5. The van der Waals surface area contributed by atoms with Crippen LogP contribution in [-0.4, -0.2) is 15.2 Å². The molecule has 2 aromatic rings. The van der Waals surface area contributed by atoms with Crippen molar-refractivity contribution in [1.82, 2.24) is 15.2 Å². The SMILES string of the molecule is Cc1cc(C)cc(-c2n[nH]c(=O)[nH]c2=O)c1. The normalized spacial score (nSPS) is 10.4. The van der Waals surface area contributed by atoms with E-state index in [0.29, 0.717) is 5.56 Å². The summed E-state index contributed by atoms with van der Waals surface area (Å²) in [5.74, 6) is 0. The highest BCUT2D eigenvalue weighted by atomic mass is 16.2. The summed E-state index contributed by atoms with van der Waals surface area (Å²) in [6, 6.07) is 5.70. The van der Waals surface area contributed by atoms with Gasteiger partial charge in [0.15, 0.2) is 5.69 Å². The second kappa shape index (κ2) is 3.77. The summed E-state index contributed by atoms with van der Waals surface area (Å²) in [6.45, 7) is 3.88. The molecule has 0 atom stereocenters. The molecule has 5 heteroatoms. The number of nitrogens with zero attached hydrogens (tertiary/aromatic N) is 1. The molecular weight excluding hydrogens is 206 g/mol. The summed E-state index contributed by atoms with van der Waals surface area (Å²) in [7, 11) is 0. The fourth-order valence-electron chi connectivity index (χ4n) is 1.65. The van der Waals surface area contributed by atoms with Gasteiger partial charge in [0.05, 0.1) is 0 Å². The Labute approximate surface area is 91.2 Å². The minimum atomic E-state index is -0.599. The molecule has 1 aromatic carbocycles. The number of nitrogens with one attached hydrogen (secondary N) is 2. The van der Waals surface area contributed by atoms with E-state index in [-0.39, 0.29) is 5.69 Å². The van der Waals surface area contributed by atoms with E-state index in [2.05, 4.69) is 15.2 Å². The van der Waals surface area contributed by atoms with Gasteiger partial charge in [-0.15, -0.1) is 0 Å². The number of hydrogen-bond acceptors (Lipinski definition) is 3. The van der Waals surface area contributed by atoms with Gasteiger partial charge in [-0.05, 0) is 26.0 Å². The van der Waals surface area contributed by atoms with Crippen LogP contribution in [0.5, 0.6) is 0 Å². The number of aryl methyl sites for hydroxylation is 2. The third-order valence-electron chi connectivity index (χ3n) is 2.21. The van der Waals surface area contributed by atoms with Gasteiger partial charge < -0.3 is 0 Å². The Morgan fingerprint density at radius 3 is 2.25 bits per heavy atom. The van der Waals surface area contributed by atoms with Gasteiger partial charge in [-0.25, -0.2) is 9.89 Å². The van der Waals surface area contributed by atoms with Crippen molar-refractivity contribution in [3.63, 3.8) is 0 Å². The summed E-state index contributed by atoms with van der Waals surface area (Å²) in [6.07, 6.45) is 0. The summed E-state index contributed by atoms with van der Waals surface area (Å²) in [5, 5.41) is 5.97. The minimum absolute atomic E-state index is 0.228. The smallest absolute Gasteiger partial charge is 0.271 e. The Kier molecular flexibility index (Phi) is 2.44. The maximum absolute atomic E-state index is 11.5. The summed E-state index contributed by atoms with van der Waals surface area (Å²) >= 11 is 0. The Balaban J connectivity index is 2.67. The molecule has 0 unspecified atom stereocenters. The van der Waals surface area contributed by atoms with E-state index >= 15 is 0 Å². The second-order valence-corrected chi connectivity index (χ2v) is 3.73. The Bertz CT molecular complexity index is 620. The molecule has 0 bridgehead atoms. The number of hydrogen-bond donors (Lipinski definition) is 2. The first-order valence-electron chi connectivity index (χ1n) is 4.84. The van der Waals surface area contributed by atoms with Crippen molar-refractivity contribution in [1.29, 1.82) is 0 Å². The van der Waals surface area contributed by atoms with E-state index in [0.717, 1.165) is 11.1 Å². The Hall–Kier alpha value is -2.17. The molecule has 16 heavy (non-hydrogen) atoms. The van der Waals surface area contributed by atoms with Gasteiger partial charge in [0, 0.05) is 5.56 Å². The molecule has 0 aliphatic carbocycles. The molecule has 0 spiro atoms. The molecule has 5 nitrogen and oxygen atoms in total. The van der Waals surface area contributed by atoms with Gasteiger partial charge in [0.1, 0.15) is 0 Å². The van der Waals surface area contributed by atoms with Gasteiger partial charge in [-0.3, -0.25) is 9.78 Å². The third-order valence-corrected chi connectivity index (χ3v) is 2.21. The minimum Gasteiger partial charge on any atom is -0.271 e. The van der Waals surface area contributed by atoms with Crippen LogP contribution < -0.4 is 11.2 Å². The van der Waals surface area contributed by atoms with E-state index in [1.54, 1.807) is 0 Å². The number of aromatic amines is 2. The molecule has 0 saturated carbocycles. The van der Waals surface area contributed by atoms with Crippen molar-refractivity contribution < 1.29 is 0 Å². The number of H-pyrrole nitrogens is 2. The van der Waals surface area contributed by atoms with Crippen molar-refractivity contribution in [2.45, 2.75) is 13.8 Å². The molecule has 1 heterocycles. The average Bonchev–Trinajstić information content (AvgIpc) is 2.15.